The minimum absolute atomic E-state index is 0.0121. The SMILES string of the molecule is COC(=O)c1ccc(OCCNC(=O)OC(C)(C)C)c(-c2ccc(Cl)c(F)c2)c1. The third-order valence-corrected chi connectivity index (χ3v) is 3.97. The van der Waals surface area contributed by atoms with Crippen LogP contribution in [0, 0.1) is 5.82 Å². The van der Waals surface area contributed by atoms with E-state index in [-0.39, 0.29) is 23.7 Å². The molecule has 2 aromatic carbocycles. The van der Waals surface area contributed by atoms with Crippen LogP contribution in [0.1, 0.15) is 31.1 Å². The van der Waals surface area contributed by atoms with Crippen molar-refractivity contribution in [3.05, 3.63) is 52.8 Å². The van der Waals surface area contributed by atoms with Crippen LogP contribution in [0.15, 0.2) is 36.4 Å². The summed E-state index contributed by atoms with van der Waals surface area (Å²) in [7, 11) is 1.27. The molecular formula is C21H23ClFNO5. The summed E-state index contributed by atoms with van der Waals surface area (Å²) in [6.07, 6.45) is -0.554. The monoisotopic (exact) mass is 423 g/mol. The van der Waals surface area contributed by atoms with E-state index in [2.05, 4.69) is 5.32 Å². The van der Waals surface area contributed by atoms with Gasteiger partial charge in [0.25, 0.3) is 0 Å². The maximum atomic E-state index is 13.9. The van der Waals surface area contributed by atoms with Crippen molar-refractivity contribution in [2.75, 3.05) is 20.3 Å². The Morgan fingerprint density at radius 2 is 1.86 bits per heavy atom. The van der Waals surface area contributed by atoms with Crippen molar-refractivity contribution in [3.8, 4) is 16.9 Å². The molecule has 2 rings (SSSR count). The lowest BCUT2D eigenvalue weighted by atomic mass is 10.0. The van der Waals surface area contributed by atoms with Gasteiger partial charge in [0.05, 0.1) is 24.2 Å². The van der Waals surface area contributed by atoms with Gasteiger partial charge in [0.15, 0.2) is 0 Å². The second-order valence-electron chi connectivity index (χ2n) is 7.11. The number of ether oxygens (including phenoxy) is 3. The zero-order valence-corrected chi connectivity index (χ0v) is 17.4. The predicted molar refractivity (Wildman–Crippen MR) is 108 cm³/mol. The summed E-state index contributed by atoms with van der Waals surface area (Å²) in [6.45, 7) is 5.64. The first-order valence-electron chi connectivity index (χ1n) is 8.88. The molecule has 0 spiro atoms. The van der Waals surface area contributed by atoms with E-state index >= 15 is 0 Å². The molecule has 156 valence electrons. The van der Waals surface area contributed by atoms with Crippen molar-refractivity contribution in [2.45, 2.75) is 26.4 Å². The van der Waals surface area contributed by atoms with Crippen LogP contribution in [-0.4, -0.2) is 37.9 Å². The molecular weight excluding hydrogens is 401 g/mol. The molecule has 0 unspecified atom stereocenters. The van der Waals surface area contributed by atoms with E-state index in [1.165, 1.54) is 25.3 Å². The summed E-state index contributed by atoms with van der Waals surface area (Å²) in [5, 5.41) is 2.57. The molecule has 0 fully saturated rings. The molecule has 29 heavy (non-hydrogen) atoms. The number of esters is 1. The lowest BCUT2D eigenvalue weighted by Crippen LogP contribution is -2.34. The van der Waals surface area contributed by atoms with E-state index in [0.717, 1.165) is 0 Å². The number of benzene rings is 2. The van der Waals surface area contributed by atoms with Gasteiger partial charge in [0.2, 0.25) is 0 Å². The number of nitrogens with one attached hydrogen (secondary N) is 1. The van der Waals surface area contributed by atoms with Gasteiger partial charge in [0, 0.05) is 5.56 Å². The van der Waals surface area contributed by atoms with Crippen molar-refractivity contribution < 1.29 is 28.2 Å². The van der Waals surface area contributed by atoms with Crippen molar-refractivity contribution in [3.63, 3.8) is 0 Å². The third kappa shape index (κ3) is 6.64. The number of hydrogen-bond donors (Lipinski definition) is 1. The third-order valence-electron chi connectivity index (χ3n) is 3.66. The number of carbonyl (C=O) groups is 2. The maximum absolute atomic E-state index is 13.9. The zero-order chi connectivity index (χ0) is 21.6. The summed E-state index contributed by atoms with van der Waals surface area (Å²) < 4.78 is 29.5. The Hall–Kier alpha value is -2.80. The molecule has 1 amide bonds. The van der Waals surface area contributed by atoms with Crippen LogP contribution < -0.4 is 10.1 Å². The van der Waals surface area contributed by atoms with Crippen LogP contribution >= 0.6 is 11.6 Å². The number of amides is 1. The fraction of sp³-hybridized carbons (Fsp3) is 0.333. The molecule has 0 bridgehead atoms. The fourth-order valence-corrected chi connectivity index (χ4v) is 2.54. The van der Waals surface area contributed by atoms with E-state index in [0.29, 0.717) is 16.9 Å². The van der Waals surface area contributed by atoms with Gasteiger partial charge in [-0.05, 0) is 56.7 Å². The summed E-state index contributed by atoms with van der Waals surface area (Å²) in [5.74, 6) is -0.714. The average molecular weight is 424 g/mol. The van der Waals surface area contributed by atoms with Gasteiger partial charge in [-0.1, -0.05) is 17.7 Å². The molecule has 1 N–H and O–H groups in total. The first-order chi connectivity index (χ1) is 13.6. The Labute approximate surface area is 173 Å². The standard InChI is InChI=1S/C21H23ClFNO5/c1-21(2,3)29-20(26)24-9-10-28-18-8-6-14(19(25)27-4)11-15(18)13-5-7-16(22)17(23)12-13/h5-8,11-12H,9-10H2,1-4H3,(H,24,26). The molecule has 0 aromatic heterocycles. The molecule has 8 heteroatoms. The van der Waals surface area contributed by atoms with Gasteiger partial charge in [-0.15, -0.1) is 0 Å². The predicted octanol–water partition coefficient (Wildman–Crippen LogP) is 4.84. The topological polar surface area (TPSA) is 73.9 Å². The first-order valence-corrected chi connectivity index (χ1v) is 9.26. The van der Waals surface area contributed by atoms with Crippen LogP contribution in [0.4, 0.5) is 9.18 Å². The van der Waals surface area contributed by atoms with E-state index in [1.807, 2.05) is 0 Å². The van der Waals surface area contributed by atoms with Crippen molar-refractivity contribution in [2.24, 2.45) is 0 Å². The summed E-state index contributed by atoms with van der Waals surface area (Å²) in [4.78, 5) is 23.5. The molecule has 0 atom stereocenters. The number of methoxy groups -OCH3 is 1. The van der Waals surface area contributed by atoms with E-state index in [9.17, 15) is 14.0 Å². The fourth-order valence-electron chi connectivity index (χ4n) is 2.42. The van der Waals surface area contributed by atoms with Crippen LogP contribution in [0.3, 0.4) is 0 Å². The lowest BCUT2D eigenvalue weighted by Gasteiger charge is -2.20. The Kier molecular flexibility index (Phi) is 7.45. The second-order valence-corrected chi connectivity index (χ2v) is 7.52. The molecule has 2 aromatic rings. The number of hydrogen-bond acceptors (Lipinski definition) is 5. The molecule has 0 aliphatic carbocycles. The Bertz CT molecular complexity index is 895. The smallest absolute Gasteiger partial charge is 0.407 e. The number of rotatable bonds is 6. The van der Waals surface area contributed by atoms with Crippen molar-refractivity contribution in [1.82, 2.24) is 5.32 Å². The average Bonchev–Trinajstić information content (AvgIpc) is 2.65. The van der Waals surface area contributed by atoms with E-state index < -0.39 is 23.5 Å². The molecule has 0 heterocycles. The maximum Gasteiger partial charge on any atom is 0.407 e. The highest BCUT2D eigenvalue weighted by atomic mass is 35.5. The molecule has 0 aliphatic heterocycles. The Balaban J connectivity index is 2.17. The van der Waals surface area contributed by atoms with Gasteiger partial charge in [-0.2, -0.15) is 0 Å². The Morgan fingerprint density at radius 3 is 2.48 bits per heavy atom. The van der Waals surface area contributed by atoms with E-state index in [4.69, 9.17) is 25.8 Å². The second kappa shape index (κ2) is 9.60. The van der Waals surface area contributed by atoms with Gasteiger partial charge < -0.3 is 19.5 Å². The largest absolute Gasteiger partial charge is 0.491 e. The van der Waals surface area contributed by atoms with Crippen LogP contribution in [0.25, 0.3) is 11.1 Å². The zero-order valence-electron chi connectivity index (χ0n) is 16.7. The number of carbonyl (C=O) groups excluding carboxylic acids is 2. The summed E-state index contributed by atoms with van der Waals surface area (Å²) >= 11 is 5.76. The van der Waals surface area contributed by atoms with Gasteiger partial charge in [0.1, 0.15) is 23.8 Å². The van der Waals surface area contributed by atoms with Crippen LogP contribution in [0.2, 0.25) is 5.02 Å². The van der Waals surface area contributed by atoms with E-state index in [1.54, 1.807) is 39.0 Å². The summed E-state index contributed by atoms with van der Waals surface area (Å²) in [6, 6.07) is 8.97. The lowest BCUT2D eigenvalue weighted by molar-refractivity contribution is 0.0519. The van der Waals surface area contributed by atoms with Crippen molar-refractivity contribution >= 4 is 23.7 Å². The molecule has 0 saturated heterocycles. The first kappa shape index (κ1) is 22.5. The summed E-state index contributed by atoms with van der Waals surface area (Å²) in [5.41, 5.74) is 0.658. The quantitative estimate of drug-likeness (QED) is 0.531. The molecule has 0 saturated carbocycles. The highest BCUT2D eigenvalue weighted by molar-refractivity contribution is 6.30. The highest BCUT2D eigenvalue weighted by Crippen LogP contribution is 2.33. The van der Waals surface area contributed by atoms with Crippen LogP contribution in [-0.2, 0) is 9.47 Å². The number of alkyl carbamates (subject to hydrolysis) is 1. The molecule has 0 radical (unpaired) electrons. The van der Waals surface area contributed by atoms with Gasteiger partial charge in [-0.25, -0.2) is 14.0 Å². The van der Waals surface area contributed by atoms with Crippen LogP contribution in [0.5, 0.6) is 5.75 Å². The molecule has 6 nitrogen and oxygen atoms in total. The number of halogens is 2. The molecule has 0 aliphatic rings. The Morgan fingerprint density at radius 1 is 1.14 bits per heavy atom. The highest BCUT2D eigenvalue weighted by Gasteiger charge is 2.16. The van der Waals surface area contributed by atoms with Crippen molar-refractivity contribution in [1.29, 1.82) is 0 Å². The van der Waals surface area contributed by atoms with Gasteiger partial charge >= 0.3 is 12.1 Å². The minimum atomic E-state index is -0.597. The minimum Gasteiger partial charge on any atom is -0.491 e. The van der Waals surface area contributed by atoms with Gasteiger partial charge in [-0.3, -0.25) is 0 Å². The normalized spacial score (nSPS) is 11.0.